The van der Waals surface area contributed by atoms with Crippen LogP contribution in [0.5, 0.6) is 0 Å². The van der Waals surface area contributed by atoms with Gasteiger partial charge in [0.15, 0.2) is 0 Å². The van der Waals surface area contributed by atoms with Gasteiger partial charge >= 0.3 is 12.2 Å². The van der Waals surface area contributed by atoms with Crippen LogP contribution in [0.1, 0.15) is 13.8 Å². The molecule has 2 rings (SSSR count). The largest absolute Gasteiger partial charge is 0.453 e. The Kier molecular flexibility index (Phi) is 8.51. The minimum absolute atomic E-state index is 0.0520. The number of aliphatic imine (C=N–C) groups is 1. The van der Waals surface area contributed by atoms with Crippen LogP contribution in [0.2, 0.25) is 0 Å². The van der Waals surface area contributed by atoms with Crippen LogP contribution in [0, 0.1) is 5.92 Å². The summed E-state index contributed by atoms with van der Waals surface area (Å²) in [5.41, 5.74) is 0.0976. The quantitative estimate of drug-likeness (QED) is 0.443. The lowest BCUT2D eigenvalue weighted by Gasteiger charge is -2.14. The van der Waals surface area contributed by atoms with Gasteiger partial charge in [-0.2, -0.15) is 0 Å². The lowest BCUT2D eigenvalue weighted by atomic mass is 10.2. The predicted octanol–water partition coefficient (Wildman–Crippen LogP) is 2.81. The van der Waals surface area contributed by atoms with E-state index in [1.807, 2.05) is 0 Å². The maximum atomic E-state index is 13.0. The first kappa shape index (κ1) is 25.3. The molecule has 0 aliphatic heterocycles. The van der Waals surface area contributed by atoms with Crippen molar-refractivity contribution in [3.8, 4) is 0 Å². The Morgan fingerprint density at radius 3 is 1.97 bits per heavy atom. The van der Waals surface area contributed by atoms with Gasteiger partial charge in [-0.25, -0.2) is 23.0 Å². The number of anilines is 1. The lowest BCUT2D eigenvalue weighted by Crippen LogP contribution is -2.43. The van der Waals surface area contributed by atoms with Crippen LogP contribution in [0.4, 0.5) is 21.0 Å². The van der Waals surface area contributed by atoms with Crippen molar-refractivity contribution in [2.45, 2.75) is 23.6 Å². The van der Waals surface area contributed by atoms with Crippen molar-refractivity contribution in [3.05, 3.63) is 48.5 Å². The van der Waals surface area contributed by atoms with Crippen molar-refractivity contribution < 1.29 is 32.3 Å². The molecule has 0 radical (unpaired) electrons. The number of amides is 3. The van der Waals surface area contributed by atoms with Crippen LogP contribution in [0.15, 0.2) is 63.3 Å². The zero-order valence-corrected chi connectivity index (χ0v) is 19.2. The van der Waals surface area contributed by atoms with Gasteiger partial charge in [0.25, 0.3) is 0 Å². The summed E-state index contributed by atoms with van der Waals surface area (Å²) in [5, 5.41) is 7.02. The summed E-state index contributed by atoms with van der Waals surface area (Å²) in [5.74, 6) is -1.15. The third-order valence-electron chi connectivity index (χ3n) is 4.16. The minimum atomic E-state index is -3.92. The smallest absolute Gasteiger partial charge is 0.413 e. The Morgan fingerprint density at radius 2 is 1.45 bits per heavy atom. The van der Waals surface area contributed by atoms with Crippen LogP contribution in [0.3, 0.4) is 0 Å². The molecule has 0 heterocycles. The second-order valence-electron chi connectivity index (χ2n) is 6.83. The molecule has 0 bridgehead atoms. The first-order valence-electron chi connectivity index (χ1n) is 9.62. The van der Waals surface area contributed by atoms with Crippen molar-refractivity contribution in [1.29, 1.82) is 0 Å². The number of carbonyl (C=O) groups is 3. The summed E-state index contributed by atoms with van der Waals surface area (Å²) in [4.78, 5) is 39.7. The van der Waals surface area contributed by atoms with Crippen molar-refractivity contribution >= 4 is 45.3 Å². The number of ether oxygens (including phenoxy) is 2. The third-order valence-corrected chi connectivity index (χ3v) is 5.93. The Bertz CT molecular complexity index is 1140. The zero-order chi connectivity index (χ0) is 24.6. The molecule has 2 aromatic carbocycles. The second kappa shape index (κ2) is 11.1. The number of guanidine groups is 1. The van der Waals surface area contributed by atoms with Gasteiger partial charge in [0.05, 0.1) is 35.4 Å². The summed E-state index contributed by atoms with van der Waals surface area (Å²) >= 11 is 0. The molecular weight excluding hydrogens is 452 g/mol. The monoisotopic (exact) mass is 476 g/mol. The van der Waals surface area contributed by atoms with E-state index in [1.54, 1.807) is 32.0 Å². The highest BCUT2D eigenvalue weighted by molar-refractivity contribution is 7.91. The molecule has 0 aromatic heterocycles. The van der Waals surface area contributed by atoms with Gasteiger partial charge in [0.1, 0.15) is 0 Å². The molecule has 0 unspecified atom stereocenters. The SMILES string of the molecule is COC(=O)NC(=Nc1cc(S(=O)(=O)c2ccccc2)ccc1NC(=O)C(C)C)NC(=O)OC. The number of benzene rings is 2. The standard InChI is InChI=1S/C21H24N4O7S/c1-13(2)18(26)22-16-11-10-15(33(29,30)14-8-6-5-7-9-14)12-17(16)23-19(24-20(27)31-3)25-21(28)32-4/h5-13H,1-4H3,(H,22,26)(H2,23,24,25,27,28). The molecule has 0 aliphatic rings. The molecule has 3 N–H and O–H groups in total. The van der Waals surface area contributed by atoms with E-state index in [2.05, 4.69) is 30.4 Å². The highest BCUT2D eigenvalue weighted by atomic mass is 32.2. The second-order valence-corrected chi connectivity index (χ2v) is 8.78. The van der Waals surface area contributed by atoms with Gasteiger partial charge in [0, 0.05) is 5.92 Å². The summed E-state index contributed by atoms with van der Waals surface area (Å²) in [7, 11) is -1.71. The topological polar surface area (TPSA) is 152 Å². The molecule has 11 nitrogen and oxygen atoms in total. The molecule has 176 valence electrons. The zero-order valence-electron chi connectivity index (χ0n) is 18.4. The number of rotatable bonds is 5. The van der Waals surface area contributed by atoms with Crippen LogP contribution in [0.25, 0.3) is 0 Å². The van der Waals surface area contributed by atoms with E-state index in [-0.39, 0.29) is 33.0 Å². The fraction of sp³-hybridized carbons (Fsp3) is 0.238. The summed E-state index contributed by atoms with van der Waals surface area (Å²) in [6.07, 6.45) is -1.91. The molecule has 33 heavy (non-hydrogen) atoms. The highest BCUT2D eigenvalue weighted by Crippen LogP contribution is 2.31. The predicted molar refractivity (Wildman–Crippen MR) is 120 cm³/mol. The Labute approximate surface area is 191 Å². The van der Waals surface area contributed by atoms with Gasteiger partial charge in [-0.3, -0.25) is 15.4 Å². The van der Waals surface area contributed by atoms with Crippen molar-refractivity contribution in [1.82, 2.24) is 10.6 Å². The fourth-order valence-electron chi connectivity index (χ4n) is 2.39. The van der Waals surface area contributed by atoms with E-state index in [0.717, 1.165) is 14.2 Å². The van der Waals surface area contributed by atoms with Crippen molar-refractivity contribution in [2.24, 2.45) is 10.9 Å². The molecule has 0 aliphatic carbocycles. The normalized spacial score (nSPS) is 10.7. The van der Waals surface area contributed by atoms with Crippen LogP contribution < -0.4 is 16.0 Å². The molecule has 2 aromatic rings. The van der Waals surface area contributed by atoms with Crippen LogP contribution in [-0.4, -0.2) is 46.7 Å². The van der Waals surface area contributed by atoms with Crippen LogP contribution in [-0.2, 0) is 24.1 Å². The third kappa shape index (κ3) is 6.77. The number of hydrogen-bond donors (Lipinski definition) is 3. The Balaban J connectivity index is 2.64. The summed E-state index contributed by atoms with van der Waals surface area (Å²) in [6, 6.07) is 11.6. The number of nitrogens with zero attached hydrogens (tertiary/aromatic N) is 1. The maximum Gasteiger partial charge on any atom is 0.413 e. The van der Waals surface area contributed by atoms with Gasteiger partial charge in [-0.15, -0.1) is 0 Å². The average Bonchev–Trinajstić information content (AvgIpc) is 2.80. The molecule has 3 amide bonds. The molecule has 0 saturated heterocycles. The van der Waals surface area contributed by atoms with Gasteiger partial charge in [0.2, 0.25) is 21.7 Å². The molecule has 0 spiro atoms. The van der Waals surface area contributed by atoms with E-state index in [0.29, 0.717) is 0 Å². The molecule has 0 fully saturated rings. The maximum absolute atomic E-state index is 13.0. The summed E-state index contributed by atoms with van der Waals surface area (Å²) in [6.45, 7) is 3.35. The van der Waals surface area contributed by atoms with Gasteiger partial charge in [-0.05, 0) is 30.3 Å². The summed E-state index contributed by atoms with van der Waals surface area (Å²) < 4.78 is 35.1. The van der Waals surface area contributed by atoms with E-state index < -0.39 is 28.0 Å². The van der Waals surface area contributed by atoms with E-state index in [4.69, 9.17) is 0 Å². The molecule has 12 heteroatoms. The highest BCUT2D eigenvalue weighted by Gasteiger charge is 2.21. The fourth-order valence-corrected chi connectivity index (χ4v) is 3.69. The number of nitrogens with one attached hydrogen (secondary N) is 3. The average molecular weight is 477 g/mol. The van der Waals surface area contributed by atoms with Gasteiger partial charge in [-0.1, -0.05) is 32.0 Å². The first-order valence-corrected chi connectivity index (χ1v) is 11.1. The minimum Gasteiger partial charge on any atom is -0.453 e. The number of sulfone groups is 1. The number of methoxy groups -OCH3 is 2. The number of carbonyl (C=O) groups excluding carboxylic acids is 3. The van der Waals surface area contributed by atoms with Crippen LogP contribution >= 0.6 is 0 Å². The number of hydrogen-bond acceptors (Lipinski definition) is 8. The molecule has 0 saturated carbocycles. The first-order chi connectivity index (χ1) is 15.6. The lowest BCUT2D eigenvalue weighted by molar-refractivity contribution is -0.118. The van der Waals surface area contributed by atoms with E-state index in [9.17, 15) is 22.8 Å². The molecule has 0 atom stereocenters. The van der Waals surface area contributed by atoms with E-state index in [1.165, 1.54) is 30.3 Å². The Morgan fingerprint density at radius 1 is 0.879 bits per heavy atom. The van der Waals surface area contributed by atoms with Crippen molar-refractivity contribution in [3.63, 3.8) is 0 Å². The van der Waals surface area contributed by atoms with Gasteiger partial charge < -0.3 is 14.8 Å². The molecular formula is C21H24N4O7S. The number of alkyl carbamates (subject to hydrolysis) is 2. The van der Waals surface area contributed by atoms with E-state index >= 15 is 0 Å². The van der Waals surface area contributed by atoms with Crippen molar-refractivity contribution in [2.75, 3.05) is 19.5 Å². The Hall–Kier alpha value is -3.93.